The molecule has 2 aromatic carbocycles. The fourth-order valence-corrected chi connectivity index (χ4v) is 2.26. The molecule has 1 amide bonds. The molecule has 8 heteroatoms. The molecule has 0 atom stereocenters. The van der Waals surface area contributed by atoms with Crippen molar-refractivity contribution in [2.75, 3.05) is 18.5 Å². The molecule has 0 radical (unpaired) electrons. The summed E-state index contributed by atoms with van der Waals surface area (Å²) in [5.74, 6) is -0.532. The number of anilines is 1. The third kappa shape index (κ3) is 6.10. The molecule has 2 aromatic rings. The second-order valence-electron chi connectivity index (χ2n) is 5.51. The van der Waals surface area contributed by atoms with Crippen molar-refractivity contribution in [3.8, 4) is 5.75 Å². The summed E-state index contributed by atoms with van der Waals surface area (Å²) in [6.07, 6.45) is 0.558. The summed E-state index contributed by atoms with van der Waals surface area (Å²) in [5.41, 5.74) is 0.600. The predicted molar refractivity (Wildman–Crippen MR) is 98.9 cm³/mol. The lowest BCUT2D eigenvalue weighted by molar-refractivity contribution is -0.384. The van der Waals surface area contributed by atoms with E-state index in [0.717, 1.165) is 0 Å². The van der Waals surface area contributed by atoms with Crippen LogP contribution in [-0.4, -0.2) is 30.0 Å². The number of ether oxygens (including phenoxy) is 2. The molecule has 0 aliphatic heterocycles. The molecule has 2 rings (SSSR count). The van der Waals surface area contributed by atoms with Gasteiger partial charge < -0.3 is 14.8 Å². The molecule has 27 heavy (non-hydrogen) atoms. The quantitative estimate of drug-likeness (QED) is 0.312. The number of carbonyl (C=O) groups excluding carboxylic acids is 2. The number of rotatable bonds is 9. The smallest absolute Gasteiger partial charge is 0.305 e. The summed E-state index contributed by atoms with van der Waals surface area (Å²) in [6.45, 7) is 2.17. The number of nitrogens with one attached hydrogen (secondary N) is 1. The minimum absolute atomic E-state index is 0.147. The van der Waals surface area contributed by atoms with Crippen LogP contribution in [-0.2, 0) is 9.53 Å². The molecule has 0 heterocycles. The van der Waals surface area contributed by atoms with E-state index < -0.39 is 4.92 Å². The largest absolute Gasteiger partial charge is 0.491 e. The maximum atomic E-state index is 12.3. The summed E-state index contributed by atoms with van der Waals surface area (Å²) in [7, 11) is 0. The topological polar surface area (TPSA) is 108 Å². The van der Waals surface area contributed by atoms with Gasteiger partial charge in [0, 0.05) is 18.1 Å². The molecule has 0 unspecified atom stereocenters. The van der Waals surface area contributed by atoms with Crippen LogP contribution in [0.1, 0.15) is 30.1 Å². The first-order valence-corrected chi connectivity index (χ1v) is 8.44. The van der Waals surface area contributed by atoms with Crippen molar-refractivity contribution in [1.82, 2.24) is 0 Å². The van der Waals surface area contributed by atoms with Gasteiger partial charge in [0.25, 0.3) is 11.6 Å². The van der Waals surface area contributed by atoms with Gasteiger partial charge in [0.2, 0.25) is 0 Å². The van der Waals surface area contributed by atoms with Crippen LogP contribution >= 0.6 is 0 Å². The van der Waals surface area contributed by atoms with Gasteiger partial charge >= 0.3 is 5.97 Å². The van der Waals surface area contributed by atoms with Crippen LogP contribution in [0, 0.1) is 10.1 Å². The van der Waals surface area contributed by atoms with Crippen LogP contribution < -0.4 is 10.1 Å². The average molecular weight is 372 g/mol. The van der Waals surface area contributed by atoms with E-state index in [4.69, 9.17) is 9.47 Å². The van der Waals surface area contributed by atoms with E-state index in [-0.39, 0.29) is 36.3 Å². The Hall–Kier alpha value is -3.42. The lowest BCUT2D eigenvalue weighted by Gasteiger charge is -2.12. The zero-order valence-electron chi connectivity index (χ0n) is 14.8. The molecule has 8 nitrogen and oxygen atoms in total. The number of nitro groups is 1. The standard InChI is InChI=1S/C19H20N2O6/c1-2-26-18(22)9-6-12-27-17-13-15(21(24)25)10-11-16(17)20-19(23)14-7-4-3-5-8-14/h3-5,7-8,10-11,13H,2,6,9,12H2,1H3,(H,20,23). The van der Waals surface area contributed by atoms with Crippen LogP contribution in [0.5, 0.6) is 5.75 Å². The second kappa shape index (κ2) is 9.91. The monoisotopic (exact) mass is 372 g/mol. The zero-order chi connectivity index (χ0) is 19.6. The number of esters is 1. The van der Waals surface area contributed by atoms with Gasteiger partial charge in [0.1, 0.15) is 5.75 Å². The highest BCUT2D eigenvalue weighted by Crippen LogP contribution is 2.30. The van der Waals surface area contributed by atoms with Gasteiger partial charge in [-0.2, -0.15) is 0 Å². The summed E-state index contributed by atoms with van der Waals surface area (Å²) < 4.78 is 10.4. The molecule has 0 spiro atoms. The van der Waals surface area contributed by atoms with Crippen molar-refractivity contribution in [2.45, 2.75) is 19.8 Å². The van der Waals surface area contributed by atoms with Gasteiger partial charge in [-0.25, -0.2) is 0 Å². The van der Waals surface area contributed by atoms with Crippen molar-refractivity contribution < 1.29 is 24.0 Å². The molecule has 0 bridgehead atoms. The Morgan fingerprint density at radius 1 is 1.15 bits per heavy atom. The first kappa shape index (κ1) is 19.9. The van der Waals surface area contributed by atoms with Crippen LogP contribution in [0.3, 0.4) is 0 Å². The molecule has 0 aromatic heterocycles. The van der Waals surface area contributed by atoms with E-state index in [0.29, 0.717) is 24.3 Å². The van der Waals surface area contributed by atoms with E-state index in [1.54, 1.807) is 37.3 Å². The number of non-ortho nitro benzene ring substituents is 1. The minimum atomic E-state index is -0.547. The summed E-state index contributed by atoms with van der Waals surface area (Å²) in [5, 5.41) is 13.7. The first-order chi connectivity index (χ1) is 13.0. The van der Waals surface area contributed by atoms with E-state index in [1.165, 1.54) is 18.2 Å². The fraction of sp³-hybridized carbons (Fsp3) is 0.263. The minimum Gasteiger partial charge on any atom is -0.491 e. The Morgan fingerprint density at radius 2 is 1.89 bits per heavy atom. The lowest BCUT2D eigenvalue weighted by atomic mass is 10.2. The van der Waals surface area contributed by atoms with Gasteiger partial charge in [-0.3, -0.25) is 19.7 Å². The zero-order valence-corrected chi connectivity index (χ0v) is 14.8. The third-order valence-electron chi connectivity index (χ3n) is 3.55. The normalized spacial score (nSPS) is 10.1. The lowest BCUT2D eigenvalue weighted by Crippen LogP contribution is -2.13. The third-order valence-corrected chi connectivity index (χ3v) is 3.55. The van der Waals surface area contributed by atoms with Crippen LogP contribution in [0.4, 0.5) is 11.4 Å². The maximum Gasteiger partial charge on any atom is 0.305 e. The molecule has 0 aliphatic carbocycles. The van der Waals surface area contributed by atoms with Gasteiger partial charge in [-0.15, -0.1) is 0 Å². The molecule has 0 saturated heterocycles. The molecule has 0 aliphatic rings. The molecular weight excluding hydrogens is 352 g/mol. The van der Waals surface area contributed by atoms with Gasteiger partial charge in [0.05, 0.1) is 29.9 Å². The van der Waals surface area contributed by atoms with Crippen molar-refractivity contribution in [3.05, 3.63) is 64.2 Å². The molecule has 0 saturated carbocycles. The Balaban J connectivity index is 2.08. The number of nitrogens with zero attached hydrogens (tertiary/aromatic N) is 1. The average Bonchev–Trinajstić information content (AvgIpc) is 2.67. The summed E-state index contributed by atoms with van der Waals surface area (Å²) in [6, 6.07) is 12.5. The van der Waals surface area contributed by atoms with Gasteiger partial charge in [0.15, 0.2) is 0 Å². The summed E-state index contributed by atoms with van der Waals surface area (Å²) >= 11 is 0. The fourth-order valence-electron chi connectivity index (χ4n) is 2.26. The molecule has 1 N–H and O–H groups in total. The molecule has 0 fully saturated rings. The highest BCUT2D eigenvalue weighted by atomic mass is 16.6. The number of benzene rings is 2. The van der Waals surface area contributed by atoms with E-state index in [2.05, 4.69) is 5.32 Å². The number of carbonyl (C=O) groups is 2. The molecule has 142 valence electrons. The molecular formula is C19H20N2O6. The van der Waals surface area contributed by atoms with E-state index >= 15 is 0 Å². The van der Waals surface area contributed by atoms with Gasteiger partial charge in [-0.1, -0.05) is 18.2 Å². The van der Waals surface area contributed by atoms with E-state index in [9.17, 15) is 19.7 Å². The van der Waals surface area contributed by atoms with Crippen molar-refractivity contribution in [3.63, 3.8) is 0 Å². The SMILES string of the molecule is CCOC(=O)CCCOc1cc([N+](=O)[O-])ccc1NC(=O)c1ccccc1. The van der Waals surface area contributed by atoms with Crippen LogP contribution in [0.2, 0.25) is 0 Å². The van der Waals surface area contributed by atoms with E-state index in [1.807, 2.05) is 0 Å². The number of hydrogen-bond acceptors (Lipinski definition) is 6. The number of nitro benzene ring substituents is 1. The number of hydrogen-bond donors (Lipinski definition) is 1. The number of amides is 1. The van der Waals surface area contributed by atoms with Gasteiger partial charge in [-0.05, 0) is 31.5 Å². The highest BCUT2D eigenvalue weighted by Gasteiger charge is 2.15. The highest BCUT2D eigenvalue weighted by molar-refractivity contribution is 6.05. The predicted octanol–water partition coefficient (Wildman–Crippen LogP) is 3.57. The maximum absolute atomic E-state index is 12.3. The van der Waals surface area contributed by atoms with Crippen LogP contribution in [0.25, 0.3) is 0 Å². The summed E-state index contributed by atoms with van der Waals surface area (Å²) in [4.78, 5) is 34.1. The second-order valence-corrected chi connectivity index (χ2v) is 5.51. The Bertz CT molecular complexity index is 807. The van der Waals surface area contributed by atoms with Crippen molar-refractivity contribution in [1.29, 1.82) is 0 Å². The Kier molecular flexibility index (Phi) is 7.30. The van der Waals surface area contributed by atoms with Crippen molar-refractivity contribution >= 4 is 23.3 Å². The Morgan fingerprint density at radius 3 is 2.56 bits per heavy atom. The Labute approximate surface area is 156 Å². The van der Waals surface area contributed by atoms with Crippen LogP contribution in [0.15, 0.2) is 48.5 Å². The van der Waals surface area contributed by atoms with Crippen molar-refractivity contribution in [2.24, 2.45) is 0 Å². The first-order valence-electron chi connectivity index (χ1n) is 8.44.